The van der Waals surface area contributed by atoms with Gasteiger partial charge < -0.3 is 14.8 Å². The molecule has 1 heterocycles. The number of likely N-dealkylation sites (N-methyl/N-ethyl adjacent to an activating group) is 1. The summed E-state index contributed by atoms with van der Waals surface area (Å²) >= 11 is 0. The average Bonchev–Trinajstić information content (AvgIpc) is 2.93. The highest BCUT2D eigenvalue weighted by Crippen LogP contribution is 2.25. The molecule has 100 valence electrons. The van der Waals surface area contributed by atoms with Crippen molar-refractivity contribution >= 4 is 0 Å². The summed E-state index contributed by atoms with van der Waals surface area (Å²) in [6, 6.07) is 8.41. The van der Waals surface area contributed by atoms with Crippen molar-refractivity contribution in [3.63, 3.8) is 0 Å². The third-order valence-corrected chi connectivity index (χ3v) is 3.43. The van der Waals surface area contributed by atoms with E-state index in [-0.39, 0.29) is 0 Å². The molecule has 18 heavy (non-hydrogen) atoms. The molecule has 1 saturated heterocycles. The summed E-state index contributed by atoms with van der Waals surface area (Å²) in [5.41, 5.74) is 0. The molecule has 0 bridgehead atoms. The Morgan fingerprint density at radius 3 is 2.78 bits per heavy atom. The predicted octanol–water partition coefficient (Wildman–Crippen LogP) is 1.37. The summed E-state index contributed by atoms with van der Waals surface area (Å²) in [5.74, 6) is 1.61. The molecule has 1 aromatic carbocycles. The van der Waals surface area contributed by atoms with Gasteiger partial charge in [-0.2, -0.15) is 0 Å². The van der Waals surface area contributed by atoms with E-state index in [1.54, 1.807) is 7.11 Å². The number of hydrogen-bond donors (Lipinski definition) is 1. The van der Waals surface area contributed by atoms with Gasteiger partial charge in [0.15, 0.2) is 11.5 Å². The van der Waals surface area contributed by atoms with Crippen LogP contribution in [0.15, 0.2) is 24.3 Å². The van der Waals surface area contributed by atoms with Gasteiger partial charge in [-0.15, -0.1) is 0 Å². The number of nitrogens with one attached hydrogen (secondary N) is 1. The van der Waals surface area contributed by atoms with Crippen molar-refractivity contribution in [2.24, 2.45) is 0 Å². The molecule has 0 aliphatic carbocycles. The van der Waals surface area contributed by atoms with Crippen molar-refractivity contribution < 1.29 is 9.47 Å². The molecule has 0 aromatic heterocycles. The van der Waals surface area contributed by atoms with Gasteiger partial charge in [0.05, 0.1) is 7.11 Å². The Balaban J connectivity index is 1.77. The molecule has 4 heteroatoms. The SMILES string of the molecule is COc1ccccc1OCCN(C)C1CCNC1. The molecule has 4 nitrogen and oxygen atoms in total. The lowest BCUT2D eigenvalue weighted by Crippen LogP contribution is -2.36. The second kappa shape index (κ2) is 6.61. The number of para-hydroxylation sites is 2. The fraction of sp³-hybridized carbons (Fsp3) is 0.571. The van der Waals surface area contributed by atoms with Gasteiger partial charge in [-0.3, -0.25) is 4.90 Å². The maximum absolute atomic E-state index is 5.77. The zero-order valence-corrected chi connectivity index (χ0v) is 11.2. The monoisotopic (exact) mass is 250 g/mol. The van der Waals surface area contributed by atoms with Gasteiger partial charge in [0.25, 0.3) is 0 Å². The number of ether oxygens (including phenoxy) is 2. The van der Waals surface area contributed by atoms with E-state index in [0.29, 0.717) is 12.6 Å². The van der Waals surface area contributed by atoms with Crippen LogP contribution in [0, 0.1) is 0 Å². The topological polar surface area (TPSA) is 33.7 Å². The summed E-state index contributed by atoms with van der Waals surface area (Å²) in [5, 5.41) is 3.38. The van der Waals surface area contributed by atoms with E-state index in [1.807, 2.05) is 24.3 Å². The van der Waals surface area contributed by atoms with Gasteiger partial charge in [0.2, 0.25) is 0 Å². The van der Waals surface area contributed by atoms with Gasteiger partial charge in [0.1, 0.15) is 6.61 Å². The van der Waals surface area contributed by atoms with Crippen molar-refractivity contribution in [3.05, 3.63) is 24.3 Å². The Morgan fingerprint density at radius 2 is 2.11 bits per heavy atom. The molecule has 1 aliphatic rings. The van der Waals surface area contributed by atoms with Crippen LogP contribution >= 0.6 is 0 Å². The van der Waals surface area contributed by atoms with Gasteiger partial charge in [-0.25, -0.2) is 0 Å². The summed E-state index contributed by atoms with van der Waals surface area (Å²) in [4.78, 5) is 2.36. The van der Waals surface area contributed by atoms with Crippen molar-refractivity contribution in [1.82, 2.24) is 10.2 Å². The standard InChI is InChI=1S/C14H22N2O2/c1-16(12-7-8-15-11-12)9-10-18-14-6-4-3-5-13(14)17-2/h3-6,12,15H,7-11H2,1-2H3. The first-order valence-electron chi connectivity index (χ1n) is 6.48. The Hall–Kier alpha value is -1.26. The van der Waals surface area contributed by atoms with Gasteiger partial charge in [-0.05, 0) is 32.1 Å². The molecular formula is C14H22N2O2. The maximum atomic E-state index is 5.77. The molecule has 1 unspecified atom stereocenters. The quantitative estimate of drug-likeness (QED) is 0.827. The fourth-order valence-electron chi connectivity index (χ4n) is 2.24. The van der Waals surface area contributed by atoms with E-state index in [1.165, 1.54) is 6.42 Å². The first kappa shape index (κ1) is 13.2. The lowest BCUT2D eigenvalue weighted by atomic mass is 10.2. The van der Waals surface area contributed by atoms with Gasteiger partial charge >= 0.3 is 0 Å². The average molecular weight is 250 g/mol. The first-order chi connectivity index (χ1) is 8.81. The largest absolute Gasteiger partial charge is 0.493 e. The lowest BCUT2D eigenvalue weighted by Gasteiger charge is -2.23. The molecule has 1 atom stereocenters. The Labute approximate surface area is 109 Å². The molecule has 1 aliphatic heterocycles. The second-order valence-electron chi connectivity index (χ2n) is 4.63. The normalized spacial score (nSPS) is 19.2. The van der Waals surface area contributed by atoms with Gasteiger partial charge in [0, 0.05) is 19.1 Å². The fourth-order valence-corrected chi connectivity index (χ4v) is 2.24. The first-order valence-corrected chi connectivity index (χ1v) is 6.48. The second-order valence-corrected chi connectivity index (χ2v) is 4.63. The minimum Gasteiger partial charge on any atom is -0.493 e. The van der Waals surface area contributed by atoms with E-state index in [4.69, 9.17) is 9.47 Å². The smallest absolute Gasteiger partial charge is 0.161 e. The van der Waals surface area contributed by atoms with E-state index in [0.717, 1.165) is 31.1 Å². The minimum absolute atomic E-state index is 0.645. The molecule has 2 rings (SSSR count). The third-order valence-electron chi connectivity index (χ3n) is 3.43. The molecule has 0 amide bonds. The number of nitrogens with zero attached hydrogens (tertiary/aromatic N) is 1. The van der Waals surface area contributed by atoms with Crippen molar-refractivity contribution in [1.29, 1.82) is 0 Å². The van der Waals surface area contributed by atoms with Crippen LogP contribution in [-0.2, 0) is 0 Å². The van der Waals surface area contributed by atoms with Crippen LogP contribution in [0.2, 0.25) is 0 Å². The lowest BCUT2D eigenvalue weighted by molar-refractivity contribution is 0.196. The highest BCUT2D eigenvalue weighted by molar-refractivity contribution is 5.39. The van der Waals surface area contributed by atoms with E-state index in [9.17, 15) is 0 Å². The van der Waals surface area contributed by atoms with E-state index in [2.05, 4.69) is 17.3 Å². The van der Waals surface area contributed by atoms with Crippen LogP contribution in [0.5, 0.6) is 11.5 Å². The Kier molecular flexibility index (Phi) is 4.84. The zero-order chi connectivity index (χ0) is 12.8. The van der Waals surface area contributed by atoms with E-state index >= 15 is 0 Å². The number of hydrogen-bond acceptors (Lipinski definition) is 4. The summed E-state index contributed by atoms with van der Waals surface area (Å²) in [7, 11) is 3.82. The molecular weight excluding hydrogens is 228 g/mol. The molecule has 1 fully saturated rings. The molecule has 0 spiro atoms. The molecule has 1 N–H and O–H groups in total. The van der Waals surface area contributed by atoms with Crippen LogP contribution in [-0.4, -0.2) is 51.3 Å². The summed E-state index contributed by atoms with van der Waals surface area (Å²) < 4.78 is 11.0. The highest BCUT2D eigenvalue weighted by Gasteiger charge is 2.18. The number of methoxy groups -OCH3 is 1. The molecule has 0 radical (unpaired) electrons. The van der Waals surface area contributed by atoms with Gasteiger partial charge in [-0.1, -0.05) is 12.1 Å². The van der Waals surface area contributed by atoms with Crippen molar-refractivity contribution in [2.45, 2.75) is 12.5 Å². The van der Waals surface area contributed by atoms with Crippen LogP contribution in [0.1, 0.15) is 6.42 Å². The minimum atomic E-state index is 0.645. The third kappa shape index (κ3) is 3.37. The van der Waals surface area contributed by atoms with Crippen LogP contribution in [0.3, 0.4) is 0 Å². The number of benzene rings is 1. The Morgan fingerprint density at radius 1 is 1.33 bits per heavy atom. The summed E-state index contributed by atoms with van der Waals surface area (Å²) in [6.07, 6.45) is 1.23. The predicted molar refractivity (Wildman–Crippen MR) is 72.4 cm³/mol. The highest BCUT2D eigenvalue weighted by atomic mass is 16.5. The van der Waals surface area contributed by atoms with E-state index < -0.39 is 0 Å². The number of rotatable bonds is 6. The zero-order valence-electron chi connectivity index (χ0n) is 11.2. The van der Waals surface area contributed by atoms with Crippen LogP contribution < -0.4 is 14.8 Å². The van der Waals surface area contributed by atoms with Crippen molar-refractivity contribution in [3.8, 4) is 11.5 Å². The maximum Gasteiger partial charge on any atom is 0.161 e. The van der Waals surface area contributed by atoms with Crippen LogP contribution in [0.4, 0.5) is 0 Å². The summed E-state index contributed by atoms with van der Waals surface area (Å²) in [6.45, 7) is 3.84. The van der Waals surface area contributed by atoms with Crippen molar-refractivity contribution in [2.75, 3.05) is 40.4 Å². The molecule has 1 aromatic rings. The Bertz CT molecular complexity index is 365. The molecule has 0 saturated carbocycles. The van der Waals surface area contributed by atoms with Crippen LogP contribution in [0.25, 0.3) is 0 Å².